The van der Waals surface area contributed by atoms with Gasteiger partial charge in [-0.05, 0) is 29.8 Å². The third-order valence-corrected chi connectivity index (χ3v) is 3.90. The second-order valence-electron chi connectivity index (χ2n) is 4.62. The summed E-state index contributed by atoms with van der Waals surface area (Å²) in [5.74, 6) is -0.123. The molecule has 0 atom stereocenters. The maximum atomic E-state index is 12.5. The number of amides is 1. The van der Waals surface area contributed by atoms with Crippen molar-refractivity contribution in [2.45, 2.75) is 5.33 Å². The molecule has 0 spiro atoms. The Balaban J connectivity index is 1.98. The predicted octanol–water partition coefficient (Wildman–Crippen LogP) is 4.38. The first-order valence-electron chi connectivity index (χ1n) is 6.58. The van der Waals surface area contributed by atoms with Crippen molar-refractivity contribution in [1.82, 2.24) is 4.98 Å². The van der Waals surface area contributed by atoms with Gasteiger partial charge in [0.1, 0.15) is 0 Å². The summed E-state index contributed by atoms with van der Waals surface area (Å²) in [4.78, 5) is 16.8. The number of nitrogens with one attached hydrogen (secondary N) is 1. The van der Waals surface area contributed by atoms with Crippen LogP contribution >= 0.6 is 15.9 Å². The van der Waals surface area contributed by atoms with Gasteiger partial charge in [-0.3, -0.25) is 9.78 Å². The quantitative estimate of drug-likeness (QED) is 0.718. The molecular formula is C17H13BrN2O. The van der Waals surface area contributed by atoms with Crippen LogP contribution in [0.4, 0.5) is 5.69 Å². The van der Waals surface area contributed by atoms with Gasteiger partial charge < -0.3 is 5.32 Å². The van der Waals surface area contributed by atoms with E-state index in [1.54, 1.807) is 6.20 Å². The first-order valence-corrected chi connectivity index (χ1v) is 7.70. The standard InChI is InChI=1S/C17H13BrN2O/c18-11-12-5-1-2-8-15(12)20-17(21)14-6-3-9-16-13(14)7-4-10-19-16/h1-10H,11H2,(H,20,21). The minimum absolute atomic E-state index is 0.123. The Morgan fingerprint density at radius 1 is 1.05 bits per heavy atom. The van der Waals surface area contributed by atoms with Gasteiger partial charge >= 0.3 is 0 Å². The first kappa shape index (κ1) is 13.8. The maximum Gasteiger partial charge on any atom is 0.256 e. The summed E-state index contributed by atoms with van der Waals surface area (Å²) in [6.07, 6.45) is 1.73. The normalized spacial score (nSPS) is 10.5. The third-order valence-electron chi connectivity index (χ3n) is 3.30. The van der Waals surface area contributed by atoms with Crippen LogP contribution in [0, 0.1) is 0 Å². The molecule has 3 nitrogen and oxygen atoms in total. The molecule has 0 aliphatic heterocycles. The van der Waals surface area contributed by atoms with Gasteiger partial charge in [0, 0.05) is 28.2 Å². The molecule has 1 N–H and O–H groups in total. The minimum atomic E-state index is -0.123. The van der Waals surface area contributed by atoms with Crippen molar-refractivity contribution in [2.24, 2.45) is 0 Å². The lowest BCUT2D eigenvalue weighted by Gasteiger charge is -2.10. The predicted molar refractivity (Wildman–Crippen MR) is 88.8 cm³/mol. The van der Waals surface area contributed by atoms with Crippen molar-refractivity contribution in [2.75, 3.05) is 5.32 Å². The molecule has 0 saturated carbocycles. The Morgan fingerprint density at radius 3 is 2.76 bits per heavy atom. The van der Waals surface area contributed by atoms with Crippen LogP contribution < -0.4 is 5.32 Å². The van der Waals surface area contributed by atoms with Crippen LogP contribution in [0.15, 0.2) is 60.8 Å². The fourth-order valence-corrected chi connectivity index (χ4v) is 2.74. The molecule has 0 saturated heterocycles. The van der Waals surface area contributed by atoms with Gasteiger partial charge in [-0.25, -0.2) is 0 Å². The number of aromatic nitrogens is 1. The smallest absolute Gasteiger partial charge is 0.256 e. The number of alkyl halides is 1. The Labute approximate surface area is 131 Å². The second kappa shape index (κ2) is 6.06. The van der Waals surface area contributed by atoms with Gasteiger partial charge in [-0.2, -0.15) is 0 Å². The van der Waals surface area contributed by atoms with Gasteiger partial charge in [0.2, 0.25) is 0 Å². The largest absolute Gasteiger partial charge is 0.322 e. The van der Waals surface area contributed by atoms with Gasteiger partial charge in [-0.1, -0.05) is 46.3 Å². The molecule has 0 aliphatic carbocycles. The van der Waals surface area contributed by atoms with Crippen LogP contribution in [-0.4, -0.2) is 10.9 Å². The first-order chi connectivity index (χ1) is 10.3. The number of pyridine rings is 1. The van der Waals surface area contributed by atoms with Crippen LogP contribution in [0.5, 0.6) is 0 Å². The number of benzene rings is 2. The molecule has 1 heterocycles. The summed E-state index contributed by atoms with van der Waals surface area (Å²) in [5.41, 5.74) is 3.31. The molecular weight excluding hydrogens is 328 g/mol. The number of carbonyl (C=O) groups is 1. The van der Waals surface area contributed by atoms with Gasteiger partial charge in [0.15, 0.2) is 0 Å². The van der Waals surface area contributed by atoms with Gasteiger partial charge in [0.25, 0.3) is 5.91 Å². The summed E-state index contributed by atoms with van der Waals surface area (Å²) in [6, 6.07) is 17.1. The van der Waals surface area contributed by atoms with E-state index in [0.717, 1.165) is 22.2 Å². The highest BCUT2D eigenvalue weighted by Crippen LogP contribution is 2.21. The number of fused-ring (bicyclic) bond motifs is 1. The topological polar surface area (TPSA) is 42.0 Å². The molecule has 1 amide bonds. The number of anilines is 1. The van der Waals surface area contributed by atoms with E-state index in [0.29, 0.717) is 10.9 Å². The molecule has 0 unspecified atom stereocenters. The molecule has 104 valence electrons. The third kappa shape index (κ3) is 2.81. The summed E-state index contributed by atoms with van der Waals surface area (Å²) in [5, 5.41) is 4.52. The number of carbonyl (C=O) groups excluding carboxylic acids is 1. The number of nitrogens with zero attached hydrogens (tertiary/aromatic N) is 1. The summed E-state index contributed by atoms with van der Waals surface area (Å²) in [6.45, 7) is 0. The highest BCUT2D eigenvalue weighted by atomic mass is 79.9. The maximum absolute atomic E-state index is 12.5. The summed E-state index contributed by atoms with van der Waals surface area (Å²) < 4.78 is 0. The van der Waals surface area contributed by atoms with Crippen LogP contribution in [0.2, 0.25) is 0 Å². The lowest BCUT2D eigenvalue weighted by atomic mass is 10.1. The molecule has 2 aromatic carbocycles. The number of hydrogen-bond donors (Lipinski definition) is 1. The van der Waals surface area contributed by atoms with E-state index in [9.17, 15) is 4.79 Å². The molecule has 21 heavy (non-hydrogen) atoms. The SMILES string of the molecule is O=C(Nc1ccccc1CBr)c1cccc2ncccc12. The zero-order valence-electron chi connectivity index (χ0n) is 11.2. The summed E-state index contributed by atoms with van der Waals surface area (Å²) >= 11 is 3.43. The second-order valence-corrected chi connectivity index (χ2v) is 5.18. The molecule has 0 radical (unpaired) electrons. The van der Waals surface area contributed by atoms with Gasteiger partial charge in [-0.15, -0.1) is 0 Å². The Kier molecular flexibility index (Phi) is 3.97. The lowest BCUT2D eigenvalue weighted by Crippen LogP contribution is -2.13. The van der Waals surface area contributed by atoms with Crippen LogP contribution in [0.3, 0.4) is 0 Å². The van der Waals surface area contributed by atoms with Crippen molar-refractivity contribution >= 4 is 38.4 Å². The zero-order valence-corrected chi connectivity index (χ0v) is 12.8. The molecule has 0 aliphatic rings. The van der Waals surface area contributed by atoms with Crippen LogP contribution in [-0.2, 0) is 5.33 Å². The van der Waals surface area contributed by atoms with E-state index in [1.807, 2.05) is 54.6 Å². The van der Waals surface area contributed by atoms with Crippen LogP contribution in [0.25, 0.3) is 10.9 Å². The van der Waals surface area contributed by atoms with E-state index in [-0.39, 0.29) is 5.91 Å². The molecule has 4 heteroatoms. The number of rotatable bonds is 3. The average molecular weight is 341 g/mol. The molecule has 3 aromatic rings. The number of halogens is 1. The highest BCUT2D eigenvalue weighted by Gasteiger charge is 2.11. The van der Waals surface area contributed by atoms with Crippen LogP contribution in [0.1, 0.15) is 15.9 Å². The van der Waals surface area contributed by atoms with Crippen molar-refractivity contribution in [3.63, 3.8) is 0 Å². The van der Waals surface area contributed by atoms with Crippen molar-refractivity contribution < 1.29 is 4.79 Å². The van der Waals surface area contributed by atoms with Crippen molar-refractivity contribution in [3.8, 4) is 0 Å². The van der Waals surface area contributed by atoms with E-state index in [1.165, 1.54) is 0 Å². The molecule has 0 bridgehead atoms. The fraction of sp³-hybridized carbons (Fsp3) is 0.0588. The number of hydrogen-bond acceptors (Lipinski definition) is 2. The Morgan fingerprint density at radius 2 is 1.90 bits per heavy atom. The molecule has 0 fully saturated rings. The number of para-hydroxylation sites is 1. The van der Waals surface area contributed by atoms with Crippen molar-refractivity contribution in [1.29, 1.82) is 0 Å². The van der Waals surface area contributed by atoms with Crippen molar-refractivity contribution in [3.05, 3.63) is 71.9 Å². The zero-order chi connectivity index (χ0) is 14.7. The van der Waals surface area contributed by atoms with Gasteiger partial charge in [0.05, 0.1) is 5.52 Å². The average Bonchev–Trinajstić information content (AvgIpc) is 2.54. The minimum Gasteiger partial charge on any atom is -0.322 e. The molecule has 3 rings (SSSR count). The monoisotopic (exact) mass is 340 g/mol. The summed E-state index contributed by atoms with van der Waals surface area (Å²) in [7, 11) is 0. The Bertz CT molecular complexity index is 796. The lowest BCUT2D eigenvalue weighted by molar-refractivity contribution is 0.102. The highest BCUT2D eigenvalue weighted by molar-refractivity contribution is 9.08. The Hall–Kier alpha value is -2.20. The van der Waals surface area contributed by atoms with E-state index in [2.05, 4.69) is 26.2 Å². The fourth-order valence-electron chi connectivity index (χ4n) is 2.25. The molecule has 1 aromatic heterocycles. The van der Waals surface area contributed by atoms with E-state index >= 15 is 0 Å². The van der Waals surface area contributed by atoms with E-state index < -0.39 is 0 Å². The van der Waals surface area contributed by atoms with E-state index in [4.69, 9.17) is 0 Å².